The number of aryl methyl sites for hydroxylation is 1. The Balaban J connectivity index is 2.80. The lowest BCUT2D eigenvalue weighted by Crippen LogP contribution is -2.36. The number of Topliss-reactive ketones (excluding diaryl/α,β-unsaturated/α-hetero) is 1. The number of ketones is 1. The molecule has 0 fully saturated rings. The standard InChI is InChI=1S/C16H22O3/c1-5-6-7-13-8-10-14(11-9-13)15(18)16(3,4)19-12(2)17/h8-11H,5-7H2,1-4H3. The second-order valence-corrected chi connectivity index (χ2v) is 5.23. The molecule has 0 saturated carbocycles. The molecule has 0 saturated heterocycles. The molecule has 0 heterocycles. The third-order valence-corrected chi connectivity index (χ3v) is 2.98. The molecule has 0 unspecified atom stereocenters. The minimum Gasteiger partial charge on any atom is -0.451 e. The molecule has 0 aliphatic rings. The highest BCUT2D eigenvalue weighted by atomic mass is 16.6. The van der Waals surface area contributed by atoms with Crippen LogP contribution in [-0.4, -0.2) is 17.4 Å². The normalized spacial score (nSPS) is 11.2. The van der Waals surface area contributed by atoms with E-state index in [0.717, 1.165) is 19.3 Å². The molecule has 1 rings (SSSR count). The number of hydrogen-bond acceptors (Lipinski definition) is 3. The molecule has 104 valence electrons. The van der Waals surface area contributed by atoms with Crippen LogP contribution in [0.4, 0.5) is 0 Å². The van der Waals surface area contributed by atoms with Crippen molar-refractivity contribution >= 4 is 11.8 Å². The molecule has 3 heteroatoms. The van der Waals surface area contributed by atoms with Crippen molar-refractivity contribution < 1.29 is 14.3 Å². The number of carbonyl (C=O) groups is 2. The molecule has 0 aliphatic carbocycles. The summed E-state index contributed by atoms with van der Waals surface area (Å²) in [6.45, 7) is 6.69. The molecule has 0 N–H and O–H groups in total. The molecular formula is C16H22O3. The fourth-order valence-electron chi connectivity index (χ4n) is 1.96. The zero-order valence-electron chi connectivity index (χ0n) is 12.2. The maximum Gasteiger partial charge on any atom is 0.303 e. The van der Waals surface area contributed by atoms with E-state index in [1.165, 1.54) is 12.5 Å². The van der Waals surface area contributed by atoms with E-state index in [1.54, 1.807) is 26.0 Å². The molecular weight excluding hydrogens is 240 g/mol. The van der Waals surface area contributed by atoms with Crippen molar-refractivity contribution in [2.24, 2.45) is 0 Å². The Labute approximate surface area is 115 Å². The first-order valence-electron chi connectivity index (χ1n) is 6.70. The number of unbranched alkanes of at least 4 members (excludes halogenated alkanes) is 1. The highest BCUT2D eigenvalue weighted by Gasteiger charge is 2.31. The average Bonchev–Trinajstić information content (AvgIpc) is 2.34. The van der Waals surface area contributed by atoms with Crippen molar-refractivity contribution in [3.05, 3.63) is 35.4 Å². The zero-order chi connectivity index (χ0) is 14.5. The fraction of sp³-hybridized carbons (Fsp3) is 0.500. The molecule has 1 aromatic rings. The molecule has 0 amide bonds. The predicted octanol–water partition coefficient (Wildman–Crippen LogP) is 3.55. The van der Waals surface area contributed by atoms with Crippen molar-refractivity contribution in [1.29, 1.82) is 0 Å². The first kappa shape index (κ1) is 15.4. The van der Waals surface area contributed by atoms with Gasteiger partial charge in [-0.2, -0.15) is 0 Å². The highest BCUT2D eigenvalue weighted by Crippen LogP contribution is 2.18. The van der Waals surface area contributed by atoms with Crippen LogP contribution in [0.25, 0.3) is 0 Å². The molecule has 0 atom stereocenters. The Morgan fingerprint density at radius 1 is 1.16 bits per heavy atom. The lowest BCUT2D eigenvalue weighted by atomic mass is 9.95. The number of ether oxygens (including phenoxy) is 1. The Kier molecular flexibility index (Phi) is 5.28. The molecule has 19 heavy (non-hydrogen) atoms. The van der Waals surface area contributed by atoms with Crippen molar-refractivity contribution in [1.82, 2.24) is 0 Å². The number of esters is 1. The Hall–Kier alpha value is -1.64. The van der Waals surface area contributed by atoms with Crippen molar-refractivity contribution in [2.75, 3.05) is 0 Å². The summed E-state index contributed by atoms with van der Waals surface area (Å²) in [5, 5.41) is 0. The van der Waals surface area contributed by atoms with Crippen LogP contribution in [0.5, 0.6) is 0 Å². The van der Waals surface area contributed by atoms with Crippen LogP contribution in [0.1, 0.15) is 56.5 Å². The largest absolute Gasteiger partial charge is 0.451 e. The van der Waals surface area contributed by atoms with Gasteiger partial charge >= 0.3 is 5.97 Å². The van der Waals surface area contributed by atoms with Crippen molar-refractivity contribution in [3.63, 3.8) is 0 Å². The third-order valence-electron chi connectivity index (χ3n) is 2.98. The predicted molar refractivity (Wildman–Crippen MR) is 75.2 cm³/mol. The first-order valence-corrected chi connectivity index (χ1v) is 6.70. The minimum absolute atomic E-state index is 0.176. The van der Waals surface area contributed by atoms with Crippen LogP contribution in [0, 0.1) is 0 Å². The zero-order valence-corrected chi connectivity index (χ0v) is 12.2. The van der Waals surface area contributed by atoms with E-state index < -0.39 is 11.6 Å². The van der Waals surface area contributed by atoms with Gasteiger partial charge in [0.15, 0.2) is 5.60 Å². The second-order valence-electron chi connectivity index (χ2n) is 5.23. The van der Waals surface area contributed by atoms with E-state index in [0.29, 0.717) is 5.56 Å². The molecule has 1 aromatic carbocycles. The summed E-state index contributed by atoms with van der Waals surface area (Å²) in [5.74, 6) is -0.623. The Morgan fingerprint density at radius 3 is 2.21 bits per heavy atom. The van der Waals surface area contributed by atoms with Gasteiger partial charge in [0.2, 0.25) is 5.78 Å². The van der Waals surface area contributed by atoms with Crippen LogP contribution < -0.4 is 0 Å². The number of rotatable bonds is 6. The van der Waals surface area contributed by atoms with Crippen molar-refractivity contribution in [2.45, 2.75) is 52.6 Å². The maximum absolute atomic E-state index is 12.3. The van der Waals surface area contributed by atoms with Crippen LogP contribution in [0.3, 0.4) is 0 Å². The van der Waals surface area contributed by atoms with Gasteiger partial charge in [0.1, 0.15) is 0 Å². The van der Waals surface area contributed by atoms with E-state index in [9.17, 15) is 9.59 Å². The van der Waals surface area contributed by atoms with Crippen LogP contribution in [0.2, 0.25) is 0 Å². The lowest BCUT2D eigenvalue weighted by Gasteiger charge is -2.22. The highest BCUT2D eigenvalue weighted by molar-refractivity contribution is 6.02. The van der Waals surface area contributed by atoms with Gasteiger partial charge in [-0.15, -0.1) is 0 Å². The summed E-state index contributed by atoms with van der Waals surface area (Å²) < 4.78 is 5.06. The molecule has 0 bridgehead atoms. The van der Waals surface area contributed by atoms with Crippen LogP contribution >= 0.6 is 0 Å². The van der Waals surface area contributed by atoms with E-state index in [1.807, 2.05) is 12.1 Å². The second kappa shape index (κ2) is 6.50. The van der Waals surface area contributed by atoms with Gasteiger partial charge in [-0.25, -0.2) is 0 Å². The molecule has 0 spiro atoms. The summed E-state index contributed by atoms with van der Waals surface area (Å²) in [7, 11) is 0. The Bertz CT molecular complexity index is 444. The monoisotopic (exact) mass is 262 g/mol. The smallest absolute Gasteiger partial charge is 0.303 e. The van der Waals surface area contributed by atoms with Crippen LogP contribution in [-0.2, 0) is 16.0 Å². The first-order chi connectivity index (χ1) is 8.86. The topological polar surface area (TPSA) is 43.4 Å². The summed E-state index contributed by atoms with van der Waals surface area (Å²) in [6, 6.07) is 7.54. The van der Waals surface area contributed by atoms with Gasteiger partial charge in [-0.3, -0.25) is 9.59 Å². The van der Waals surface area contributed by atoms with Crippen molar-refractivity contribution in [3.8, 4) is 0 Å². The number of benzene rings is 1. The molecule has 0 radical (unpaired) electrons. The average molecular weight is 262 g/mol. The van der Waals surface area contributed by atoms with E-state index in [-0.39, 0.29) is 5.78 Å². The summed E-state index contributed by atoms with van der Waals surface area (Å²) in [6.07, 6.45) is 3.32. The third kappa shape index (κ3) is 4.51. The summed E-state index contributed by atoms with van der Waals surface area (Å²) >= 11 is 0. The van der Waals surface area contributed by atoms with Crippen LogP contribution in [0.15, 0.2) is 24.3 Å². The molecule has 0 aromatic heterocycles. The minimum atomic E-state index is -1.11. The summed E-state index contributed by atoms with van der Waals surface area (Å²) in [4.78, 5) is 23.2. The van der Waals surface area contributed by atoms with E-state index >= 15 is 0 Å². The molecule has 3 nitrogen and oxygen atoms in total. The number of hydrogen-bond donors (Lipinski definition) is 0. The van der Waals surface area contributed by atoms with Gasteiger partial charge in [-0.1, -0.05) is 37.6 Å². The fourth-order valence-corrected chi connectivity index (χ4v) is 1.96. The van der Waals surface area contributed by atoms with Gasteiger partial charge in [-0.05, 0) is 32.3 Å². The van der Waals surface area contributed by atoms with Gasteiger partial charge < -0.3 is 4.74 Å². The van der Waals surface area contributed by atoms with Gasteiger partial charge in [0.25, 0.3) is 0 Å². The van der Waals surface area contributed by atoms with E-state index in [4.69, 9.17) is 4.74 Å². The number of carbonyl (C=O) groups excluding carboxylic acids is 2. The SMILES string of the molecule is CCCCc1ccc(C(=O)C(C)(C)OC(C)=O)cc1. The molecule has 0 aliphatic heterocycles. The van der Waals surface area contributed by atoms with E-state index in [2.05, 4.69) is 6.92 Å². The lowest BCUT2D eigenvalue weighted by molar-refractivity contribution is -0.149. The van der Waals surface area contributed by atoms with Gasteiger partial charge in [0, 0.05) is 12.5 Å². The Morgan fingerprint density at radius 2 is 1.74 bits per heavy atom. The maximum atomic E-state index is 12.3. The van der Waals surface area contributed by atoms with Gasteiger partial charge in [0.05, 0.1) is 0 Å². The summed E-state index contributed by atoms with van der Waals surface area (Å²) in [5.41, 5.74) is 0.687. The quantitative estimate of drug-likeness (QED) is 0.581.